The molecule has 0 fully saturated rings. The molecule has 31 heavy (non-hydrogen) atoms. The smallest absolute Gasteiger partial charge is 0.336 e. The highest BCUT2D eigenvalue weighted by atomic mass is 16.4. The summed E-state index contributed by atoms with van der Waals surface area (Å²) >= 11 is 0. The van der Waals surface area contributed by atoms with Gasteiger partial charge in [0.2, 0.25) is 0 Å². The highest BCUT2D eigenvalue weighted by Gasteiger charge is 2.40. The monoisotopic (exact) mass is 458 g/mol. The summed E-state index contributed by atoms with van der Waals surface area (Å²) < 4.78 is 0. The second-order valence-electron chi connectivity index (χ2n) is 5.05. The van der Waals surface area contributed by atoms with Gasteiger partial charge in [0.05, 0.1) is 12.8 Å². The minimum absolute atomic E-state index is 0.558. The Labute approximate surface area is 170 Å². The summed E-state index contributed by atoms with van der Waals surface area (Å²) in [4.78, 5) is 69.1. The molecule has 0 aliphatic rings. The van der Waals surface area contributed by atoms with Crippen molar-refractivity contribution in [1.82, 2.24) is 0 Å². The van der Waals surface area contributed by atoms with Crippen LogP contribution in [0.4, 0.5) is 0 Å². The molecule has 0 aliphatic carbocycles. The van der Waals surface area contributed by atoms with Gasteiger partial charge >= 0.3 is 41.8 Å². The SMILES string of the molecule is O=C(O)/C=C/C(=O)O.O=C(O)C(O)C(O)C(=O)O.O=C(O)CC(O)(CC(=O)O)C(=O)O. The number of rotatable bonds is 10. The van der Waals surface area contributed by atoms with E-state index < -0.39 is 72.4 Å². The third kappa shape index (κ3) is 17.7. The second-order valence-corrected chi connectivity index (χ2v) is 5.05. The number of aliphatic hydroxyl groups is 3. The molecule has 0 aromatic carbocycles. The predicted octanol–water partition coefficient (Wildman–Crippen LogP) is -3.66. The van der Waals surface area contributed by atoms with Crippen LogP contribution in [0.15, 0.2) is 12.2 Å². The number of hydrogen-bond donors (Lipinski definition) is 10. The van der Waals surface area contributed by atoms with Crippen molar-refractivity contribution in [2.24, 2.45) is 0 Å². The molecule has 0 saturated heterocycles. The van der Waals surface area contributed by atoms with E-state index in [-0.39, 0.29) is 0 Å². The van der Waals surface area contributed by atoms with E-state index >= 15 is 0 Å². The molecule has 176 valence electrons. The van der Waals surface area contributed by atoms with Gasteiger partial charge in [0.25, 0.3) is 0 Å². The van der Waals surface area contributed by atoms with Gasteiger partial charge in [0, 0.05) is 12.2 Å². The first-order valence-electron chi connectivity index (χ1n) is 7.22. The molecule has 0 bridgehead atoms. The van der Waals surface area contributed by atoms with Crippen molar-refractivity contribution in [1.29, 1.82) is 0 Å². The van der Waals surface area contributed by atoms with E-state index in [4.69, 9.17) is 51.1 Å². The van der Waals surface area contributed by atoms with E-state index in [0.29, 0.717) is 12.2 Å². The number of aliphatic hydroxyl groups excluding tert-OH is 2. The standard InChI is InChI=1S/C6H8O7.C4H6O6.C4H4O4/c7-3(8)1-6(13,5(11)12)2-4(9)10;5-1(3(7)8)2(6)4(9)10;5-3(6)1-2-4(7)8/h13H,1-2H2,(H,7,8)(H,9,10)(H,11,12);1-2,5-6H,(H,7,8)(H,9,10);1-2H,(H,5,6)(H,7,8)/b;;2-1+. The average molecular weight is 458 g/mol. The van der Waals surface area contributed by atoms with Gasteiger partial charge in [0.15, 0.2) is 17.8 Å². The molecule has 0 saturated carbocycles. The van der Waals surface area contributed by atoms with Crippen LogP contribution in [0.3, 0.4) is 0 Å². The van der Waals surface area contributed by atoms with Crippen LogP contribution < -0.4 is 0 Å². The Morgan fingerprint density at radius 2 is 0.871 bits per heavy atom. The molecule has 0 amide bonds. The Morgan fingerprint density at radius 1 is 0.613 bits per heavy atom. The highest BCUT2D eigenvalue weighted by molar-refractivity contribution is 5.89. The molecule has 2 atom stereocenters. The Bertz CT molecular complexity index is 670. The summed E-state index contributed by atoms with van der Waals surface area (Å²) in [5.74, 6) is -11.1. The number of carboxylic acids is 7. The third-order valence-corrected chi connectivity index (χ3v) is 2.46. The lowest BCUT2D eigenvalue weighted by molar-refractivity contribution is -0.170. The minimum atomic E-state index is -2.74. The number of aliphatic carboxylic acids is 7. The fraction of sp³-hybridized carbons (Fsp3) is 0.357. The van der Waals surface area contributed by atoms with Crippen molar-refractivity contribution in [3.05, 3.63) is 12.2 Å². The molecular formula is C14H18O17. The molecule has 0 spiro atoms. The van der Waals surface area contributed by atoms with Crippen molar-refractivity contribution >= 4 is 41.8 Å². The Morgan fingerprint density at radius 3 is 1.00 bits per heavy atom. The summed E-state index contributed by atoms with van der Waals surface area (Å²) in [7, 11) is 0. The topological polar surface area (TPSA) is 322 Å². The molecule has 0 radical (unpaired) electrons. The summed E-state index contributed by atoms with van der Waals surface area (Å²) in [6.45, 7) is 0. The van der Waals surface area contributed by atoms with E-state index in [1.807, 2.05) is 0 Å². The largest absolute Gasteiger partial charge is 0.481 e. The number of hydrogen-bond acceptors (Lipinski definition) is 10. The van der Waals surface area contributed by atoms with Gasteiger partial charge in [-0.25, -0.2) is 24.0 Å². The van der Waals surface area contributed by atoms with E-state index in [2.05, 4.69) is 0 Å². The number of carboxylic acid groups (broad SMARTS) is 7. The predicted molar refractivity (Wildman–Crippen MR) is 88.8 cm³/mol. The van der Waals surface area contributed by atoms with Crippen LogP contribution in [0, 0.1) is 0 Å². The highest BCUT2D eigenvalue weighted by Crippen LogP contribution is 2.15. The van der Waals surface area contributed by atoms with E-state index in [1.54, 1.807) is 0 Å². The van der Waals surface area contributed by atoms with Crippen molar-refractivity contribution < 1.29 is 84.6 Å². The quantitative estimate of drug-likeness (QED) is 0.141. The van der Waals surface area contributed by atoms with Crippen molar-refractivity contribution in [2.45, 2.75) is 30.7 Å². The molecule has 0 rings (SSSR count). The molecule has 0 aliphatic heterocycles. The van der Waals surface area contributed by atoms with Crippen molar-refractivity contribution in [3.63, 3.8) is 0 Å². The molecule has 17 nitrogen and oxygen atoms in total. The van der Waals surface area contributed by atoms with Crippen LogP contribution in [-0.2, 0) is 33.6 Å². The maximum absolute atomic E-state index is 10.3. The normalized spacial score (nSPS) is 12.1. The van der Waals surface area contributed by atoms with Crippen LogP contribution in [0.5, 0.6) is 0 Å². The van der Waals surface area contributed by atoms with Crippen molar-refractivity contribution in [3.8, 4) is 0 Å². The van der Waals surface area contributed by atoms with Gasteiger partial charge in [-0.15, -0.1) is 0 Å². The maximum Gasteiger partial charge on any atom is 0.336 e. The van der Waals surface area contributed by atoms with Gasteiger partial charge in [-0.05, 0) is 0 Å². The Hall–Kier alpha value is -4.09. The van der Waals surface area contributed by atoms with Crippen LogP contribution in [0.25, 0.3) is 0 Å². The zero-order valence-electron chi connectivity index (χ0n) is 15.1. The maximum atomic E-state index is 10.3. The lowest BCUT2D eigenvalue weighted by Gasteiger charge is -2.18. The average Bonchev–Trinajstić information content (AvgIpc) is 2.57. The lowest BCUT2D eigenvalue weighted by atomic mass is 9.96. The van der Waals surface area contributed by atoms with E-state index in [0.717, 1.165) is 0 Å². The summed E-state index contributed by atoms with van der Waals surface area (Å²) in [6, 6.07) is 0. The molecule has 10 N–H and O–H groups in total. The van der Waals surface area contributed by atoms with Crippen LogP contribution >= 0.6 is 0 Å². The van der Waals surface area contributed by atoms with Crippen LogP contribution in [0.1, 0.15) is 12.8 Å². The van der Waals surface area contributed by atoms with Crippen molar-refractivity contribution in [2.75, 3.05) is 0 Å². The molecular weight excluding hydrogens is 440 g/mol. The molecule has 0 heterocycles. The summed E-state index contributed by atoms with van der Waals surface area (Å²) in [5.41, 5.74) is -2.74. The zero-order valence-corrected chi connectivity index (χ0v) is 15.1. The van der Waals surface area contributed by atoms with Crippen LogP contribution in [0.2, 0.25) is 0 Å². The van der Waals surface area contributed by atoms with Gasteiger partial charge < -0.3 is 51.1 Å². The first-order chi connectivity index (χ1) is 13.9. The van der Waals surface area contributed by atoms with Gasteiger partial charge in [-0.2, -0.15) is 0 Å². The lowest BCUT2D eigenvalue weighted by Crippen LogP contribution is -2.42. The second kappa shape index (κ2) is 14.8. The van der Waals surface area contributed by atoms with Crippen LogP contribution in [-0.4, -0.2) is 111 Å². The van der Waals surface area contributed by atoms with Gasteiger partial charge in [-0.1, -0.05) is 0 Å². The molecule has 0 aromatic rings. The summed E-state index contributed by atoms with van der Waals surface area (Å²) in [5, 5.41) is 82.0. The Balaban J connectivity index is -0.000000392. The van der Waals surface area contributed by atoms with Gasteiger partial charge in [0.1, 0.15) is 0 Å². The third-order valence-electron chi connectivity index (χ3n) is 2.46. The fourth-order valence-corrected chi connectivity index (χ4v) is 1.13. The van der Waals surface area contributed by atoms with E-state index in [9.17, 15) is 33.6 Å². The Kier molecular flexibility index (Phi) is 15.1. The fourth-order valence-electron chi connectivity index (χ4n) is 1.13. The molecule has 0 aromatic heterocycles. The first kappa shape index (κ1) is 31.6. The van der Waals surface area contributed by atoms with E-state index in [1.165, 1.54) is 0 Å². The zero-order chi connectivity index (χ0) is 25.5. The number of carbonyl (C=O) groups is 7. The molecule has 2 unspecified atom stereocenters. The molecule has 17 heteroatoms. The van der Waals surface area contributed by atoms with Gasteiger partial charge in [-0.3, -0.25) is 9.59 Å². The first-order valence-corrected chi connectivity index (χ1v) is 7.22. The summed E-state index contributed by atoms with van der Waals surface area (Å²) in [6.07, 6.45) is -5.71. The minimum Gasteiger partial charge on any atom is -0.481 e.